The first-order valence-corrected chi connectivity index (χ1v) is 7.21. The predicted molar refractivity (Wildman–Crippen MR) is 83.3 cm³/mol. The molecule has 2 N–H and O–H groups in total. The van der Waals surface area contributed by atoms with Crippen LogP contribution in [0.25, 0.3) is 0 Å². The molecule has 0 radical (unpaired) electrons. The standard InChI is InChI=1S/C14H16BrN3O2/c1-2-10-9-18(14(20)17-13(10)19)8-7-16-12-5-3-11(15)4-6-12/h3-6,9,16H,2,7-8H2,1H3,(H,17,19,20). The summed E-state index contributed by atoms with van der Waals surface area (Å²) in [6.45, 7) is 2.99. The minimum Gasteiger partial charge on any atom is -0.383 e. The maximum absolute atomic E-state index is 11.7. The van der Waals surface area contributed by atoms with Crippen molar-refractivity contribution in [3.05, 3.63) is 61.3 Å². The number of hydrogen-bond donors (Lipinski definition) is 2. The molecule has 0 atom stereocenters. The van der Waals surface area contributed by atoms with E-state index in [0.29, 0.717) is 25.1 Å². The van der Waals surface area contributed by atoms with Gasteiger partial charge in [-0.05, 0) is 30.7 Å². The number of benzene rings is 1. The van der Waals surface area contributed by atoms with Crippen LogP contribution in [0, 0.1) is 0 Å². The zero-order valence-corrected chi connectivity index (χ0v) is 12.7. The summed E-state index contributed by atoms with van der Waals surface area (Å²) in [5.74, 6) is 0. The van der Waals surface area contributed by atoms with Gasteiger partial charge in [-0.2, -0.15) is 0 Å². The van der Waals surface area contributed by atoms with E-state index in [9.17, 15) is 9.59 Å². The van der Waals surface area contributed by atoms with Crippen molar-refractivity contribution in [1.82, 2.24) is 9.55 Å². The number of rotatable bonds is 5. The van der Waals surface area contributed by atoms with Crippen LogP contribution in [0.3, 0.4) is 0 Å². The van der Waals surface area contributed by atoms with Crippen molar-refractivity contribution in [1.29, 1.82) is 0 Å². The Morgan fingerprint density at radius 2 is 1.95 bits per heavy atom. The summed E-state index contributed by atoms with van der Waals surface area (Å²) < 4.78 is 2.54. The van der Waals surface area contributed by atoms with Crippen LogP contribution in [0.5, 0.6) is 0 Å². The van der Waals surface area contributed by atoms with Crippen LogP contribution in [-0.4, -0.2) is 16.1 Å². The molecule has 6 heteroatoms. The van der Waals surface area contributed by atoms with Gasteiger partial charge in [0.15, 0.2) is 0 Å². The van der Waals surface area contributed by atoms with Crippen molar-refractivity contribution >= 4 is 21.6 Å². The van der Waals surface area contributed by atoms with Gasteiger partial charge in [0.25, 0.3) is 5.56 Å². The Kier molecular flexibility index (Phi) is 4.79. The van der Waals surface area contributed by atoms with Gasteiger partial charge < -0.3 is 5.32 Å². The van der Waals surface area contributed by atoms with Crippen LogP contribution in [0.2, 0.25) is 0 Å². The van der Waals surface area contributed by atoms with Crippen LogP contribution in [0.4, 0.5) is 5.69 Å². The third kappa shape index (κ3) is 3.60. The quantitative estimate of drug-likeness (QED) is 0.876. The molecule has 0 aliphatic heterocycles. The van der Waals surface area contributed by atoms with Gasteiger partial charge in [0.2, 0.25) is 0 Å². The minimum atomic E-state index is -0.371. The minimum absolute atomic E-state index is 0.297. The zero-order valence-electron chi connectivity index (χ0n) is 11.1. The Labute approximate surface area is 124 Å². The highest BCUT2D eigenvalue weighted by atomic mass is 79.9. The van der Waals surface area contributed by atoms with Crippen molar-refractivity contribution in [2.75, 3.05) is 11.9 Å². The average molecular weight is 338 g/mol. The molecule has 0 saturated carbocycles. The smallest absolute Gasteiger partial charge is 0.328 e. The summed E-state index contributed by atoms with van der Waals surface area (Å²) in [5.41, 5.74) is 0.939. The van der Waals surface area contributed by atoms with E-state index in [2.05, 4.69) is 26.2 Å². The topological polar surface area (TPSA) is 66.9 Å². The lowest BCUT2D eigenvalue weighted by atomic mass is 10.2. The van der Waals surface area contributed by atoms with Crippen LogP contribution in [-0.2, 0) is 13.0 Å². The van der Waals surface area contributed by atoms with Crippen LogP contribution in [0.1, 0.15) is 12.5 Å². The van der Waals surface area contributed by atoms with Gasteiger partial charge >= 0.3 is 5.69 Å². The first-order chi connectivity index (χ1) is 9.60. The Bertz CT molecular complexity index is 689. The normalized spacial score (nSPS) is 10.5. The van der Waals surface area contributed by atoms with Crippen molar-refractivity contribution in [3.63, 3.8) is 0 Å². The molecule has 1 aromatic heterocycles. The summed E-state index contributed by atoms with van der Waals surface area (Å²) in [6.07, 6.45) is 2.24. The van der Waals surface area contributed by atoms with E-state index in [0.717, 1.165) is 10.2 Å². The molecule has 2 aromatic rings. The van der Waals surface area contributed by atoms with E-state index >= 15 is 0 Å². The monoisotopic (exact) mass is 337 g/mol. The second kappa shape index (κ2) is 6.56. The molecule has 0 spiro atoms. The van der Waals surface area contributed by atoms with Crippen molar-refractivity contribution in [3.8, 4) is 0 Å². The van der Waals surface area contributed by atoms with Crippen LogP contribution in [0.15, 0.2) is 44.5 Å². The molecule has 20 heavy (non-hydrogen) atoms. The SMILES string of the molecule is CCc1cn(CCNc2ccc(Br)cc2)c(=O)[nH]c1=O. The number of aromatic nitrogens is 2. The summed E-state index contributed by atoms with van der Waals surface area (Å²) in [5, 5.41) is 3.23. The fourth-order valence-corrected chi connectivity index (χ4v) is 2.13. The Morgan fingerprint density at radius 1 is 1.25 bits per heavy atom. The van der Waals surface area contributed by atoms with E-state index in [4.69, 9.17) is 0 Å². The van der Waals surface area contributed by atoms with E-state index < -0.39 is 0 Å². The summed E-state index contributed by atoms with van der Waals surface area (Å²) >= 11 is 3.38. The van der Waals surface area contributed by atoms with Gasteiger partial charge in [-0.3, -0.25) is 14.3 Å². The molecule has 0 aliphatic rings. The van der Waals surface area contributed by atoms with E-state index in [1.54, 1.807) is 6.20 Å². The number of hydrogen-bond acceptors (Lipinski definition) is 3. The maximum Gasteiger partial charge on any atom is 0.328 e. The van der Waals surface area contributed by atoms with E-state index in [-0.39, 0.29) is 11.2 Å². The van der Waals surface area contributed by atoms with Gasteiger partial charge in [-0.1, -0.05) is 22.9 Å². The van der Waals surface area contributed by atoms with Crippen molar-refractivity contribution in [2.45, 2.75) is 19.9 Å². The van der Waals surface area contributed by atoms with Gasteiger partial charge in [-0.15, -0.1) is 0 Å². The molecule has 0 fully saturated rings. The lowest BCUT2D eigenvalue weighted by Crippen LogP contribution is -2.33. The Balaban J connectivity index is 2.02. The fraction of sp³-hybridized carbons (Fsp3) is 0.286. The molecule has 1 heterocycles. The van der Waals surface area contributed by atoms with E-state index in [1.807, 2.05) is 31.2 Å². The zero-order chi connectivity index (χ0) is 14.5. The maximum atomic E-state index is 11.7. The highest BCUT2D eigenvalue weighted by Gasteiger charge is 2.02. The van der Waals surface area contributed by atoms with Crippen LogP contribution >= 0.6 is 15.9 Å². The molecule has 0 saturated heterocycles. The van der Waals surface area contributed by atoms with Crippen molar-refractivity contribution in [2.24, 2.45) is 0 Å². The fourth-order valence-electron chi connectivity index (χ4n) is 1.86. The lowest BCUT2D eigenvalue weighted by molar-refractivity contribution is 0.660. The molecule has 5 nitrogen and oxygen atoms in total. The number of nitrogens with one attached hydrogen (secondary N) is 2. The number of anilines is 1. The largest absolute Gasteiger partial charge is 0.383 e. The first-order valence-electron chi connectivity index (χ1n) is 6.42. The third-order valence-corrected chi connectivity index (χ3v) is 3.52. The number of aromatic amines is 1. The third-order valence-electron chi connectivity index (χ3n) is 2.99. The second-order valence-electron chi connectivity index (χ2n) is 4.39. The highest BCUT2D eigenvalue weighted by Crippen LogP contribution is 2.13. The molecule has 0 unspecified atom stereocenters. The average Bonchev–Trinajstić information content (AvgIpc) is 2.43. The molecule has 106 valence electrons. The molecule has 0 bridgehead atoms. The highest BCUT2D eigenvalue weighted by molar-refractivity contribution is 9.10. The molecule has 0 amide bonds. The van der Waals surface area contributed by atoms with Crippen LogP contribution < -0.4 is 16.6 Å². The molecule has 1 aromatic carbocycles. The number of nitrogens with zero attached hydrogens (tertiary/aromatic N) is 1. The number of H-pyrrole nitrogens is 1. The number of halogens is 1. The van der Waals surface area contributed by atoms with Gasteiger partial charge in [0.1, 0.15) is 0 Å². The second-order valence-corrected chi connectivity index (χ2v) is 5.31. The molecule has 0 aliphatic carbocycles. The Morgan fingerprint density at radius 3 is 2.60 bits per heavy atom. The predicted octanol–water partition coefficient (Wildman–Crippen LogP) is 1.97. The molecule has 2 rings (SSSR count). The first kappa shape index (κ1) is 14.6. The van der Waals surface area contributed by atoms with E-state index in [1.165, 1.54) is 4.57 Å². The number of aryl methyl sites for hydroxylation is 1. The lowest BCUT2D eigenvalue weighted by Gasteiger charge is -2.09. The van der Waals surface area contributed by atoms with Gasteiger partial charge in [0.05, 0.1) is 0 Å². The summed E-state index contributed by atoms with van der Waals surface area (Å²) in [4.78, 5) is 25.5. The molecular weight excluding hydrogens is 322 g/mol. The van der Waals surface area contributed by atoms with Gasteiger partial charge in [-0.25, -0.2) is 4.79 Å². The van der Waals surface area contributed by atoms with Gasteiger partial charge in [0, 0.05) is 35.0 Å². The molecular formula is C14H16BrN3O2. The summed E-state index contributed by atoms with van der Waals surface area (Å²) in [6, 6.07) is 7.81. The summed E-state index contributed by atoms with van der Waals surface area (Å²) in [7, 11) is 0. The Hall–Kier alpha value is -1.82. The van der Waals surface area contributed by atoms with Crippen molar-refractivity contribution < 1.29 is 0 Å².